The van der Waals surface area contributed by atoms with E-state index in [2.05, 4.69) is 36.9 Å². The summed E-state index contributed by atoms with van der Waals surface area (Å²) >= 11 is 13.0. The van der Waals surface area contributed by atoms with Crippen LogP contribution in [0.5, 0.6) is 11.5 Å². The molecule has 0 unspecified atom stereocenters. The average molecular weight is 592 g/mol. The van der Waals surface area contributed by atoms with Gasteiger partial charge in [-0.2, -0.15) is 0 Å². The summed E-state index contributed by atoms with van der Waals surface area (Å²) in [6.07, 6.45) is 1.65. The topological polar surface area (TPSA) is 57.1 Å². The Bertz CT molecular complexity index is 1260. The first-order chi connectivity index (χ1) is 15.9. The number of benzene rings is 3. The molecule has 3 aromatic carbocycles. The molecule has 0 bridgehead atoms. The van der Waals surface area contributed by atoms with E-state index in [1.165, 1.54) is 0 Å². The fraction of sp³-hybridized carbons (Fsp3) is 0.120. The van der Waals surface area contributed by atoms with Gasteiger partial charge in [0, 0.05) is 15.1 Å². The quantitative estimate of drug-likeness (QED) is 0.216. The fourth-order valence-electron chi connectivity index (χ4n) is 3.14. The van der Waals surface area contributed by atoms with Gasteiger partial charge in [0.1, 0.15) is 6.61 Å². The summed E-state index contributed by atoms with van der Waals surface area (Å²) in [6.45, 7) is 2.67. The Kier molecular flexibility index (Phi) is 7.53. The summed E-state index contributed by atoms with van der Waals surface area (Å²) in [7, 11) is 0. The third-order valence-corrected chi connectivity index (χ3v) is 5.97. The zero-order chi connectivity index (χ0) is 23.4. The van der Waals surface area contributed by atoms with Crippen molar-refractivity contribution < 1.29 is 19.0 Å². The van der Waals surface area contributed by atoms with E-state index < -0.39 is 5.97 Å². The van der Waals surface area contributed by atoms with Gasteiger partial charge in [0.05, 0.1) is 11.1 Å². The number of hydrogen-bond acceptors (Lipinski definition) is 5. The highest BCUT2D eigenvalue weighted by Crippen LogP contribution is 2.38. The summed E-state index contributed by atoms with van der Waals surface area (Å²) in [5, 5.41) is 0.647. The second-order valence-corrected chi connectivity index (χ2v) is 9.23. The smallest absolute Gasteiger partial charge is 0.363 e. The van der Waals surface area contributed by atoms with Gasteiger partial charge in [0.15, 0.2) is 17.2 Å². The first-order valence-corrected chi connectivity index (χ1v) is 12.0. The van der Waals surface area contributed by atoms with Crippen LogP contribution < -0.4 is 9.47 Å². The van der Waals surface area contributed by atoms with Crippen LogP contribution in [0.1, 0.15) is 23.6 Å². The van der Waals surface area contributed by atoms with Gasteiger partial charge in [-0.05, 0) is 88.6 Å². The fourth-order valence-corrected chi connectivity index (χ4v) is 4.19. The third kappa shape index (κ3) is 5.85. The van der Waals surface area contributed by atoms with Crippen molar-refractivity contribution in [2.45, 2.75) is 13.5 Å². The first kappa shape index (κ1) is 23.5. The molecule has 4 rings (SSSR count). The van der Waals surface area contributed by atoms with Gasteiger partial charge in [0.25, 0.3) is 0 Å². The number of carbonyl (C=O) groups is 1. The summed E-state index contributed by atoms with van der Waals surface area (Å²) in [5.41, 5.74) is 2.57. The first-order valence-electron chi connectivity index (χ1n) is 10.0. The normalized spacial score (nSPS) is 14.2. The van der Waals surface area contributed by atoms with Crippen molar-refractivity contribution in [1.29, 1.82) is 0 Å². The van der Waals surface area contributed by atoms with Crippen molar-refractivity contribution in [2.24, 2.45) is 4.99 Å². The predicted octanol–water partition coefficient (Wildman–Crippen LogP) is 7.19. The lowest BCUT2D eigenvalue weighted by Crippen LogP contribution is -2.05. The Morgan fingerprint density at radius 1 is 1.06 bits per heavy atom. The lowest BCUT2D eigenvalue weighted by atomic mass is 10.1. The van der Waals surface area contributed by atoms with E-state index in [4.69, 9.17) is 25.8 Å². The van der Waals surface area contributed by atoms with Gasteiger partial charge in [-0.3, -0.25) is 0 Å². The molecule has 0 spiro atoms. The second-order valence-electron chi connectivity index (χ2n) is 7.02. The van der Waals surface area contributed by atoms with E-state index in [1.54, 1.807) is 12.1 Å². The molecule has 0 amide bonds. The van der Waals surface area contributed by atoms with Crippen LogP contribution in [0, 0.1) is 0 Å². The minimum absolute atomic E-state index is 0.204. The van der Waals surface area contributed by atoms with Crippen LogP contribution >= 0.6 is 43.5 Å². The summed E-state index contributed by atoms with van der Waals surface area (Å²) in [4.78, 5) is 16.8. The molecule has 0 atom stereocenters. The van der Waals surface area contributed by atoms with Crippen molar-refractivity contribution in [3.63, 3.8) is 0 Å². The standard InChI is InChI=1S/C25H18Br2ClNO4/c1-2-31-22-13-16(11-20(27)23(22)32-14-15-4-3-5-19(28)10-15)12-21-25(30)33-24(29-21)17-6-8-18(26)9-7-17/h3-13H,2,14H2,1H3/b21-12-. The van der Waals surface area contributed by atoms with E-state index in [0.717, 1.165) is 15.6 Å². The average Bonchev–Trinajstić information content (AvgIpc) is 3.14. The molecule has 8 heteroatoms. The van der Waals surface area contributed by atoms with Crippen LogP contribution in [0.2, 0.25) is 5.02 Å². The summed E-state index contributed by atoms with van der Waals surface area (Å²) < 4.78 is 18.8. The zero-order valence-corrected chi connectivity index (χ0v) is 21.4. The van der Waals surface area contributed by atoms with Crippen molar-refractivity contribution >= 4 is 61.4 Å². The van der Waals surface area contributed by atoms with Gasteiger partial charge < -0.3 is 14.2 Å². The second kappa shape index (κ2) is 10.5. The van der Waals surface area contributed by atoms with E-state index in [9.17, 15) is 4.79 Å². The highest BCUT2D eigenvalue weighted by atomic mass is 79.9. The molecule has 0 fully saturated rings. The highest BCUT2D eigenvalue weighted by Gasteiger charge is 2.24. The van der Waals surface area contributed by atoms with Crippen molar-refractivity contribution in [2.75, 3.05) is 6.61 Å². The monoisotopic (exact) mass is 589 g/mol. The molecule has 0 N–H and O–H groups in total. The molecule has 0 saturated heterocycles. The molecule has 5 nitrogen and oxygen atoms in total. The van der Waals surface area contributed by atoms with Crippen LogP contribution in [-0.2, 0) is 16.1 Å². The molecule has 0 saturated carbocycles. The highest BCUT2D eigenvalue weighted by molar-refractivity contribution is 9.10. The van der Waals surface area contributed by atoms with Gasteiger partial charge in [-0.15, -0.1) is 0 Å². The molecule has 1 aliphatic rings. The molecule has 1 heterocycles. The largest absolute Gasteiger partial charge is 0.490 e. The van der Waals surface area contributed by atoms with Crippen LogP contribution in [0.3, 0.4) is 0 Å². The molecule has 1 aliphatic heterocycles. The number of ether oxygens (including phenoxy) is 3. The Balaban J connectivity index is 1.61. The maximum Gasteiger partial charge on any atom is 0.363 e. The molecular formula is C25H18Br2ClNO4. The maximum absolute atomic E-state index is 12.4. The van der Waals surface area contributed by atoms with Gasteiger partial charge in [0.2, 0.25) is 5.90 Å². The van der Waals surface area contributed by atoms with Gasteiger partial charge >= 0.3 is 5.97 Å². The molecule has 0 aromatic heterocycles. The molecule has 33 heavy (non-hydrogen) atoms. The number of aliphatic imine (C=N–C) groups is 1. The number of carbonyl (C=O) groups excluding carboxylic acids is 1. The number of nitrogens with zero attached hydrogens (tertiary/aromatic N) is 1. The minimum Gasteiger partial charge on any atom is -0.490 e. The molecule has 0 radical (unpaired) electrons. The Hall–Kier alpha value is -2.61. The van der Waals surface area contributed by atoms with Gasteiger partial charge in [-0.1, -0.05) is 39.7 Å². The minimum atomic E-state index is -0.511. The summed E-state index contributed by atoms with van der Waals surface area (Å²) in [5.74, 6) is 0.865. The van der Waals surface area contributed by atoms with Crippen LogP contribution in [0.15, 0.2) is 80.3 Å². The zero-order valence-electron chi connectivity index (χ0n) is 17.5. The number of halogens is 3. The van der Waals surface area contributed by atoms with E-state index in [1.807, 2.05) is 61.5 Å². The molecule has 168 valence electrons. The molecule has 3 aromatic rings. The van der Waals surface area contributed by atoms with Crippen molar-refractivity contribution in [3.05, 3.63) is 97.0 Å². The number of cyclic esters (lactones) is 1. The SMILES string of the molecule is CCOc1cc(/C=C2\N=C(c3ccc(Br)cc3)OC2=O)cc(Br)c1OCc1cccc(Cl)c1. The molecular weight excluding hydrogens is 574 g/mol. The Labute approximate surface area is 213 Å². The maximum atomic E-state index is 12.4. The van der Waals surface area contributed by atoms with Crippen molar-refractivity contribution in [3.8, 4) is 11.5 Å². The Morgan fingerprint density at radius 2 is 1.85 bits per heavy atom. The van der Waals surface area contributed by atoms with E-state index in [-0.39, 0.29) is 11.6 Å². The Morgan fingerprint density at radius 3 is 2.58 bits per heavy atom. The lowest BCUT2D eigenvalue weighted by molar-refractivity contribution is -0.129. The lowest BCUT2D eigenvalue weighted by Gasteiger charge is -2.15. The van der Waals surface area contributed by atoms with Crippen LogP contribution in [0.4, 0.5) is 0 Å². The number of esters is 1. The van der Waals surface area contributed by atoms with E-state index in [0.29, 0.717) is 39.8 Å². The van der Waals surface area contributed by atoms with E-state index >= 15 is 0 Å². The number of rotatable bonds is 7. The third-order valence-electron chi connectivity index (χ3n) is 4.62. The van der Waals surface area contributed by atoms with Crippen molar-refractivity contribution in [1.82, 2.24) is 0 Å². The van der Waals surface area contributed by atoms with Crippen LogP contribution in [0.25, 0.3) is 6.08 Å². The predicted molar refractivity (Wildman–Crippen MR) is 136 cm³/mol. The molecule has 0 aliphatic carbocycles. The van der Waals surface area contributed by atoms with Gasteiger partial charge in [-0.25, -0.2) is 9.79 Å². The van der Waals surface area contributed by atoms with Crippen LogP contribution in [-0.4, -0.2) is 18.5 Å². The number of hydrogen-bond donors (Lipinski definition) is 0. The summed E-state index contributed by atoms with van der Waals surface area (Å²) in [6, 6.07) is 18.5.